The third-order valence-corrected chi connectivity index (χ3v) is 5.94. The Morgan fingerprint density at radius 1 is 1.00 bits per heavy atom. The summed E-state index contributed by atoms with van der Waals surface area (Å²) >= 11 is 0. The molecular weight excluding hydrogens is 380 g/mol. The number of nitro benzene ring substituents is 1. The minimum absolute atomic E-state index is 0.0943. The van der Waals surface area contributed by atoms with Crippen molar-refractivity contribution in [3.63, 3.8) is 0 Å². The molecule has 0 radical (unpaired) electrons. The van der Waals surface area contributed by atoms with Gasteiger partial charge in [-0.25, -0.2) is 4.98 Å². The molecule has 0 amide bonds. The van der Waals surface area contributed by atoms with Gasteiger partial charge < -0.3 is 9.30 Å². The van der Waals surface area contributed by atoms with E-state index >= 15 is 0 Å². The summed E-state index contributed by atoms with van der Waals surface area (Å²) in [4.78, 5) is 18.2. The number of unbranched alkanes of at least 4 members (excludes halogenated alkanes) is 1. The molecular formula is C23H24N4O3. The van der Waals surface area contributed by atoms with E-state index in [1.807, 2.05) is 12.1 Å². The molecule has 2 aromatic carbocycles. The predicted octanol–water partition coefficient (Wildman–Crippen LogP) is 4.36. The molecule has 0 spiro atoms. The van der Waals surface area contributed by atoms with Crippen molar-refractivity contribution in [1.29, 1.82) is 0 Å². The largest absolute Gasteiger partial charge is 0.379 e. The number of nitrogens with zero attached hydrogens (tertiary/aromatic N) is 4. The summed E-state index contributed by atoms with van der Waals surface area (Å²) < 4.78 is 7.74. The van der Waals surface area contributed by atoms with Gasteiger partial charge in [-0.3, -0.25) is 15.0 Å². The highest BCUT2D eigenvalue weighted by Crippen LogP contribution is 2.31. The van der Waals surface area contributed by atoms with Crippen LogP contribution in [0.2, 0.25) is 0 Å². The predicted molar refractivity (Wildman–Crippen MR) is 118 cm³/mol. The quantitative estimate of drug-likeness (QED) is 0.271. The number of morpholine rings is 1. The van der Waals surface area contributed by atoms with Gasteiger partial charge in [0.25, 0.3) is 5.69 Å². The summed E-state index contributed by atoms with van der Waals surface area (Å²) in [5.41, 5.74) is 4.03. The van der Waals surface area contributed by atoms with Crippen molar-refractivity contribution in [3.05, 3.63) is 58.6 Å². The van der Waals surface area contributed by atoms with Gasteiger partial charge in [-0.15, -0.1) is 0 Å². The summed E-state index contributed by atoms with van der Waals surface area (Å²) in [5, 5.41) is 13.1. The van der Waals surface area contributed by atoms with Crippen LogP contribution < -0.4 is 0 Å². The van der Waals surface area contributed by atoms with E-state index in [-0.39, 0.29) is 10.6 Å². The van der Waals surface area contributed by atoms with Crippen molar-refractivity contribution in [2.45, 2.75) is 19.4 Å². The average Bonchev–Trinajstić information content (AvgIpc) is 3.08. The highest BCUT2D eigenvalue weighted by Gasteiger charge is 2.15. The second-order valence-corrected chi connectivity index (χ2v) is 7.82. The van der Waals surface area contributed by atoms with Crippen LogP contribution in [0.5, 0.6) is 0 Å². The number of rotatable bonds is 6. The van der Waals surface area contributed by atoms with E-state index in [0.717, 1.165) is 85.1 Å². The SMILES string of the molecule is O=[N+]([O-])c1ccc2nc3c4ccccc4n(CCCCN4CCOCC4)c3cc2c1. The maximum absolute atomic E-state index is 11.2. The molecule has 5 rings (SSSR count). The van der Waals surface area contributed by atoms with Gasteiger partial charge in [0.1, 0.15) is 0 Å². The molecule has 0 saturated carbocycles. The van der Waals surface area contributed by atoms with Crippen LogP contribution >= 0.6 is 0 Å². The first-order valence-corrected chi connectivity index (χ1v) is 10.5. The average molecular weight is 404 g/mol. The number of aromatic nitrogens is 2. The second kappa shape index (κ2) is 8.01. The molecule has 154 valence electrons. The normalized spacial score (nSPS) is 15.3. The number of ether oxygens (including phenoxy) is 1. The summed E-state index contributed by atoms with van der Waals surface area (Å²) in [6, 6.07) is 15.2. The van der Waals surface area contributed by atoms with E-state index in [2.05, 4.69) is 27.7 Å². The third kappa shape index (κ3) is 3.51. The van der Waals surface area contributed by atoms with Gasteiger partial charge >= 0.3 is 0 Å². The van der Waals surface area contributed by atoms with Gasteiger partial charge in [0.05, 0.1) is 40.2 Å². The van der Waals surface area contributed by atoms with Crippen molar-refractivity contribution in [2.75, 3.05) is 32.8 Å². The Balaban J connectivity index is 1.49. The Hall–Kier alpha value is -3.03. The van der Waals surface area contributed by atoms with Crippen LogP contribution in [0.25, 0.3) is 32.8 Å². The van der Waals surface area contributed by atoms with Crippen LogP contribution in [0.1, 0.15) is 12.8 Å². The highest BCUT2D eigenvalue weighted by molar-refractivity contribution is 6.09. The zero-order chi connectivity index (χ0) is 20.5. The number of aryl methyl sites for hydroxylation is 1. The van der Waals surface area contributed by atoms with Gasteiger partial charge in [0.15, 0.2) is 0 Å². The molecule has 3 heterocycles. The Labute approximate surface area is 174 Å². The first-order valence-electron chi connectivity index (χ1n) is 10.5. The number of non-ortho nitro benzene ring substituents is 1. The number of nitro groups is 1. The van der Waals surface area contributed by atoms with Crippen molar-refractivity contribution in [1.82, 2.24) is 14.5 Å². The Kier molecular flexibility index (Phi) is 5.06. The van der Waals surface area contributed by atoms with Crippen molar-refractivity contribution in [3.8, 4) is 0 Å². The highest BCUT2D eigenvalue weighted by atomic mass is 16.6. The van der Waals surface area contributed by atoms with E-state index in [9.17, 15) is 10.1 Å². The molecule has 1 aliphatic heterocycles. The van der Waals surface area contributed by atoms with Gasteiger partial charge in [-0.1, -0.05) is 18.2 Å². The fourth-order valence-corrected chi connectivity index (χ4v) is 4.38. The van der Waals surface area contributed by atoms with Crippen molar-refractivity contribution in [2.24, 2.45) is 0 Å². The molecule has 1 saturated heterocycles. The second-order valence-electron chi connectivity index (χ2n) is 7.82. The molecule has 1 aliphatic rings. The maximum Gasteiger partial charge on any atom is 0.270 e. The first kappa shape index (κ1) is 19.0. The monoisotopic (exact) mass is 404 g/mol. The van der Waals surface area contributed by atoms with Crippen LogP contribution in [0.4, 0.5) is 5.69 Å². The molecule has 0 unspecified atom stereocenters. The van der Waals surface area contributed by atoms with Crippen LogP contribution in [-0.4, -0.2) is 52.2 Å². The number of para-hydroxylation sites is 1. The molecule has 2 aromatic heterocycles. The zero-order valence-corrected chi connectivity index (χ0v) is 16.8. The molecule has 4 aromatic rings. The summed E-state index contributed by atoms with van der Waals surface area (Å²) in [7, 11) is 0. The fraction of sp³-hybridized carbons (Fsp3) is 0.348. The maximum atomic E-state index is 11.2. The standard InChI is InChI=1S/C23H24N4O3/c28-27(29)18-7-8-20-17(15-18)16-22-23(24-20)19-5-1-2-6-21(19)26(22)10-4-3-9-25-11-13-30-14-12-25/h1-2,5-8,15-16H,3-4,9-14H2. The Morgan fingerprint density at radius 2 is 1.80 bits per heavy atom. The summed E-state index contributed by atoms with van der Waals surface area (Å²) in [6.07, 6.45) is 2.19. The Bertz CT molecular complexity index is 1230. The summed E-state index contributed by atoms with van der Waals surface area (Å²) in [5.74, 6) is 0. The lowest BCUT2D eigenvalue weighted by Crippen LogP contribution is -2.36. The molecule has 0 N–H and O–H groups in total. The molecule has 0 bridgehead atoms. The van der Waals surface area contributed by atoms with Crippen LogP contribution in [-0.2, 0) is 11.3 Å². The number of hydrogen-bond donors (Lipinski definition) is 0. The van der Waals surface area contributed by atoms with Gasteiger partial charge in [0, 0.05) is 42.5 Å². The lowest BCUT2D eigenvalue weighted by Gasteiger charge is -2.26. The molecule has 1 fully saturated rings. The van der Waals surface area contributed by atoms with Crippen LogP contribution in [0.3, 0.4) is 0 Å². The molecule has 0 atom stereocenters. The lowest BCUT2D eigenvalue weighted by molar-refractivity contribution is -0.384. The number of benzene rings is 2. The van der Waals surface area contributed by atoms with Crippen LogP contribution in [0.15, 0.2) is 48.5 Å². The summed E-state index contributed by atoms with van der Waals surface area (Å²) in [6.45, 7) is 5.69. The van der Waals surface area contributed by atoms with E-state index < -0.39 is 0 Å². The molecule has 7 heteroatoms. The van der Waals surface area contributed by atoms with E-state index in [4.69, 9.17) is 9.72 Å². The van der Waals surface area contributed by atoms with E-state index in [0.29, 0.717) is 0 Å². The minimum Gasteiger partial charge on any atom is -0.379 e. The number of pyridine rings is 1. The minimum atomic E-state index is -0.356. The lowest BCUT2D eigenvalue weighted by atomic mass is 10.1. The topological polar surface area (TPSA) is 73.4 Å². The van der Waals surface area contributed by atoms with Gasteiger partial charge in [-0.2, -0.15) is 0 Å². The van der Waals surface area contributed by atoms with Gasteiger partial charge in [0.2, 0.25) is 0 Å². The van der Waals surface area contributed by atoms with Crippen LogP contribution in [0, 0.1) is 10.1 Å². The number of fused-ring (bicyclic) bond motifs is 4. The number of hydrogen-bond acceptors (Lipinski definition) is 5. The molecule has 0 aliphatic carbocycles. The van der Waals surface area contributed by atoms with Crippen molar-refractivity contribution < 1.29 is 9.66 Å². The molecule has 7 nitrogen and oxygen atoms in total. The van der Waals surface area contributed by atoms with Crippen molar-refractivity contribution >= 4 is 38.5 Å². The zero-order valence-electron chi connectivity index (χ0n) is 16.8. The molecule has 30 heavy (non-hydrogen) atoms. The van der Waals surface area contributed by atoms with Gasteiger partial charge in [-0.05, 0) is 37.6 Å². The smallest absolute Gasteiger partial charge is 0.270 e. The Morgan fingerprint density at radius 3 is 2.63 bits per heavy atom. The fourth-order valence-electron chi connectivity index (χ4n) is 4.38. The third-order valence-electron chi connectivity index (χ3n) is 5.94. The first-order chi connectivity index (χ1) is 14.7. The van der Waals surface area contributed by atoms with E-state index in [1.54, 1.807) is 12.1 Å². The van der Waals surface area contributed by atoms with E-state index in [1.165, 1.54) is 6.07 Å².